The Kier molecular flexibility index (Phi) is 6.36. The van der Waals surface area contributed by atoms with Gasteiger partial charge in [-0.1, -0.05) is 127 Å². The van der Waals surface area contributed by atoms with Crippen LogP contribution in [0.4, 0.5) is 0 Å². The Labute approximate surface area is 317 Å². The molecule has 0 spiro atoms. The minimum Gasteiger partial charge on any atom is -0.354 e. The second-order valence-electron chi connectivity index (χ2n) is 14.1. The van der Waals surface area contributed by atoms with E-state index in [4.69, 9.17) is 0 Å². The molecule has 1 atom stereocenters. The largest absolute Gasteiger partial charge is 0.354 e. The minimum absolute atomic E-state index is 0.827. The van der Waals surface area contributed by atoms with Crippen molar-refractivity contribution < 1.29 is 4.57 Å². The van der Waals surface area contributed by atoms with E-state index in [1.54, 1.807) is 11.3 Å². The van der Waals surface area contributed by atoms with Crippen LogP contribution in [-0.2, 0) is 4.57 Å². The number of hydrogen-bond acceptors (Lipinski definition) is 3. The summed E-state index contributed by atoms with van der Waals surface area (Å²) in [5.74, 6) is 0. The third-order valence-corrected chi connectivity index (χ3v) is 16.6. The summed E-state index contributed by atoms with van der Waals surface area (Å²) < 4.78 is 21.7. The molecular formula is C48H29N2OPS2. The second kappa shape index (κ2) is 11.3. The van der Waals surface area contributed by atoms with E-state index >= 15 is 4.57 Å². The zero-order chi connectivity index (χ0) is 35.5. The predicted molar refractivity (Wildman–Crippen MR) is 236 cm³/mol. The Balaban J connectivity index is 1.20. The van der Waals surface area contributed by atoms with Crippen molar-refractivity contribution in [3.05, 3.63) is 164 Å². The standard InChI is InChI=1S/C48H29N2OPS2/c51-52(28-12-2-1-3-13-28,38-21-11-23-40-44(38)46-42(54-40)27-25-34-30-15-5-8-19-36(30)50-48(34)46)37-20-9-6-16-31(37)32-17-10-22-39-43(32)45-41(53-39)26-24-33-29-14-4-7-18-35(29)49-47(33)45/h1-27,49-50H. The van der Waals surface area contributed by atoms with Gasteiger partial charge in [0.05, 0.1) is 11.0 Å². The van der Waals surface area contributed by atoms with Gasteiger partial charge in [0.1, 0.15) is 0 Å². The lowest BCUT2D eigenvalue weighted by Gasteiger charge is -2.24. The van der Waals surface area contributed by atoms with Gasteiger partial charge in [0, 0.05) is 88.8 Å². The fourth-order valence-electron chi connectivity index (χ4n) is 8.94. The number of thiophene rings is 2. The Morgan fingerprint density at radius 2 is 0.870 bits per heavy atom. The number of aromatic nitrogens is 2. The SMILES string of the molecule is O=P(c1ccccc1)(c1ccccc1-c1cccc2sc3ccc4c5ccccc5[nH]c4c3c12)c1cccc2sc3ccc4c5ccccc5[nH]c4c3c12. The van der Waals surface area contributed by atoms with E-state index in [9.17, 15) is 0 Å². The van der Waals surface area contributed by atoms with Gasteiger partial charge in [-0.15, -0.1) is 22.7 Å². The monoisotopic (exact) mass is 744 g/mol. The quantitative estimate of drug-likeness (QED) is 0.173. The van der Waals surface area contributed by atoms with E-state index in [2.05, 4.69) is 156 Å². The maximum Gasteiger partial charge on any atom is 0.172 e. The molecule has 54 heavy (non-hydrogen) atoms. The maximum absolute atomic E-state index is 16.9. The van der Waals surface area contributed by atoms with Crippen LogP contribution in [0.25, 0.3) is 95.1 Å². The van der Waals surface area contributed by atoms with Crippen molar-refractivity contribution in [2.75, 3.05) is 0 Å². The molecule has 0 aliphatic rings. The van der Waals surface area contributed by atoms with Gasteiger partial charge in [0.15, 0.2) is 7.14 Å². The van der Waals surface area contributed by atoms with E-state index in [0.29, 0.717) is 0 Å². The highest BCUT2D eigenvalue weighted by atomic mass is 32.1. The van der Waals surface area contributed by atoms with Crippen molar-refractivity contribution in [1.29, 1.82) is 0 Å². The molecule has 0 saturated carbocycles. The zero-order valence-corrected chi connectivity index (χ0v) is 31.3. The van der Waals surface area contributed by atoms with Crippen LogP contribution in [0.15, 0.2) is 164 Å². The lowest BCUT2D eigenvalue weighted by molar-refractivity contribution is 0.592. The third-order valence-electron chi connectivity index (χ3n) is 11.3. The Morgan fingerprint density at radius 3 is 1.56 bits per heavy atom. The molecule has 12 rings (SSSR count). The summed E-state index contributed by atoms with van der Waals surface area (Å²) in [6.45, 7) is 0. The second-order valence-corrected chi connectivity index (χ2v) is 18.9. The molecule has 2 N–H and O–H groups in total. The summed E-state index contributed by atoms with van der Waals surface area (Å²) in [4.78, 5) is 7.55. The molecule has 0 aliphatic carbocycles. The van der Waals surface area contributed by atoms with Crippen molar-refractivity contribution in [1.82, 2.24) is 9.97 Å². The van der Waals surface area contributed by atoms with Gasteiger partial charge >= 0.3 is 0 Å². The number of para-hydroxylation sites is 2. The normalized spacial score (nSPS) is 13.4. The molecule has 0 saturated heterocycles. The lowest BCUT2D eigenvalue weighted by atomic mass is 9.98. The molecule has 0 fully saturated rings. The number of fused-ring (bicyclic) bond motifs is 14. The average Bonchev–Trinajstić information content (AvgIpc) is 4.00. The molecule has 0 bridgehead atoms. The molecule has 1 unspecified atom stereocenters. The number of benzene rings is 8. The van der Waals surface area contributed by atoms with E-state index < -0.39 is 7.14 Å². The highest BCUT2D eigenvalue weighted by Gasteiger charge is 2.35. The Bertz CT molecular complexity index is 3550. The number of aromatic amines is 2. The first-order chi connectivity index (χ1) is 26.7. The van der Waals surface area contributed by atoms with Gasteiger partial charge in [-0.05, 0) is 47.5 Å². The van der Waals surface area contributed by atoms with E-state index in [0.717, 1.165) is 64.6 Å². The number of hydrogen-bond donors (Lipinski definition) is 2. The minimum atomic E-state index is -3.51. The van der Waals surface area contributed by atoms with Crippen molar-refractivity contribution >= 4 is 130 Å². The van der Waals surface area contributed by atoms with Crippen LogP contribution in [0, 0.1) is 0 Å². The first-order valence-electron chi connectivity index (χ1n) is 18.1. The maximum atomic E-state index is 16.9. The molecule has 4 aromatic heterocycles. The molecule has 254 valence electrons. The van der Waals surface area contributed by atoms with Crippen LogP contribution in [0.2, 0.25) is 0 Å². The summed E-state index contributed by atoms with van der Waals surface area (Å²) in [6.07, 6.45) is 0. The van der Waals surface area contributed by atoms with Crippen LogP contribution >= 0.6 is 29.8 Å². The van der Waals surface area contributed by atoms with Gasteiger partial charge in [-0.3, -0.25) is 0 Å². The molecule has 4 heterocycles. The van der Waals surface area contributed by atoms with Crippen molar-refractivity contribution in [2.45, 2.75) is 0 Å². The topological polar surface area (TPSA) is 48.6 Å². The van der Waals surface area contributed by atoms with Crippen LogP contribution in [0.5, 0.6) is 0 Å². The van der Waals surface area contributed by atoms with Gasteiger partial charge in [-0.2, -0.15) is 0 Å². The highest BCUT2D eigenvalue weighted by molar-refractivity contribution is 7.86. The van der Waals surface area contributed by atoms with Crippen LogP contribution in [0.3, 0.4) is 0 Å². The van der Waals surface area contributed by atoms with E-state index in [-0.39, 0.29) is 0 Å². The van der Waals surface area contributed by atoms with Crippen molar-refractivity contribution in [2.24, 2.45) is 0 Å². The first-order valence-corrected chi connectivity index (χ1v) is 21.5. The number of H-pyrrole nitrogens is 2. The Morgan fingerprint density at radius 1 is 0.370 bits per heavy atom. The number of rotatable bonds is 4. The summed E-state index contributed by atoms with van der Waals surface area (Å²) in [5, 5.41) is 12.0. The summed E-state index contributed by atoms with van der Waals surface area (Å²) >= 11 is 3.59. The average molecular weight is 745 g/mol. The third kappa shape index (κ3) is 4.09. The van der Waals surface area contributed by atoms with Gasteiger partial charge in [0.25, 0.3) is 0 Å². The first kappa shape index (κ1) is 30.5. The van der Waals surface area contributed by atoms with Gasteiger partial charge < -0.3 is 14.5 Å². The number of nitrogens with one attached hydrogen (secondary N) is 2. The Hall–Kier alpha value is -5.97. The summed E-state index contributed by atoms with van der Waals surface area (Å²) in [5.41, 5.74) is 6.57. The van der Waals surface area contributed by atoms with Gasteiger partial charge in [-0.25, -0.2) is 0 Å². The van der Waals surface area contributed by atoms with Crippen molar-refractivity contribution in [3.8, 4) is 11.1 Å². The molecule has 0 amide bonds. The fraction of sp³-hybridized carbons (Fsp3) is 0. The van der Waals surface area contributed by atoms with Crippen molar-refractivity contribution in [3.63, 3.8) is 0 Å². The highest BCUT2D eigenvalue weighted by Crippen LogP contribution is 2.52. The molecule has 6 heteroatoms. The molecule has 0 radical (unpaired) electrons. The predicted octanol–water partition coefficient (Wildman–Crippen LogP) is 13.0. The summed E-state index contributed by atoms with van der Waals surface area (Å²) in [6, 6.07) is 57.6. The lowest BCUT2D eigenvalue weighted by Crippen LogP contribution is -2.26. The van der Waals surface area contributed by atoms with Gasteiger partial charge in [0.2, 0.25) is 0 Å². The van der Waals surface area contributed by atoms with E-state index in [1.165, 1.54) is 46.4 Å². The van der Waals surface area contributed by atoms with Crippen LogP contribution in [-0.4, -0.2) is 9.97 Å². The zero-order valence-electron chi connectivity index (χ0n) is 28.8. The van der Waals surface area contributed by atoms with E-state index in [1.807, 2.05) is 29.5 Å². The molecule has 0 aliphatic heterocycles. The molecule has 12 aromatic rings. The smallest absolute Gasteiger partial charge is 0.172 e. The van der Waals surface area contributed by atoms with Crippen LogP contribution < -0.4 is 15.9 Å². The fourth-order valence-corrected chi connectivity index (χ4v) is 14.4. The molecule has 8 aromatic carbocycles. The van der Waals surface area contributed by atoms with Crippen LogP contribution in [0.1, 0.15) is 0 Å². The summed E-state index contributed by atoms with van der Waals surface area (Å²) in [7, 11) is -3.51. The molecular weight excluding hydrogens is 716 g/mol. The molecule has 3 nitrogen and oxygen atoms in total.